The van der Waals surface area contributed by atoms with E-state index in [-0.39, 0.29) is 10.7 Å². The lowest BCUT2D eigenvalue weighted by Gasteiger charge is -2.13. The van der Waals surface area contributed by atoms with Crippen molar-refractivity contribution in [3.63, 3.8) is 0 Å². The number of nitrogens with one attached hydrogen (secondary N) is 1. The topological polar surface area (TPSA) is 116 Å². The van der Waals surface area contributed by atoms with Gasteiger partial charge < -0.3 is 13.8 Å². The molecule has 0 bridgehead atoms. The van der Waals surface area contributed by atoms with Crippen molar-refractivity contribution >= 4 is 32.8 Å². The van der Waals surface area contributed by atoms with Crippen LogP contribution < -0.4 is 4.72 Å². The first kappa shape index (κ1) is 26.2. The molecule has 0 saturated carbocycles. The van der Waals surface area contributed by atoms with E-state index in [0.717, 1.165) is 28.0 Å². The third-order valence-electron chi connectivity index (χ3n) is 6.74. The molecule has 0 amide bonds. The molecular weight excluding hydrogens is 516 g/mol. The average molecular weight is 545 g/mol. The summed E-state index contributed by atoms with van der Waals surface area (Å²) < 4.78 is 41.3. The SMILES string of the molecule is CCc1nc2cccc(C(=O)OC)c2n1Cc1ccc(-c2ccccc2S(=O)(=O)Nc2noc(C)c2C)cc1. The number of carbonyl (C=O) groups is 1. The van der Waals surface area contributed by atoms with Crippen LogP contribution in [0.2, 0.25) is 0 Å². The van der Waals surface area contributed by atoms with Gasteiger partial charge in [-0.25, -0.2) is 18.2 Å². The van der Waals surface area contributed by atoms with Gasteiger partial charge in [0.15, 0.2) is 5.82 Å². The molecule has 0 spiro atoms. The third kappa shape index (κ3) is 4.90. The van der Waals surface area contributed by atoms with E-state index in [1.807, 2.05) is 41.8 Å². The zero-order chi connectivity index (χ0) is 27.7. The number of hydrogen-bond acceptors (Lipinski definition) is 7. The Morgan fingerprint density at radius 1 is 1.03 bits per heavy atom. The van der Waals surface area contributed by atoms with Gasteiger partial charge in [-0.05, 0) is 43.2 Å². The van der Waals surface area contributed by atoms with Crippen molar-refractivity contribution < 1.29 is 22.5 Å². The molecule has 200 valence electrons. The van der Waals surface area contributed by atoms with Crippen LogP contribution in [0.3, 0.4) is 0 Å². The minimum Gasteiger partial charge on any atom is -0.465 e. The maximum atomic E-state index is 13.3. The molecule has 0 aliphatic heterocycles. The standard InChI is InChI=1S/C29H28N4O5S/c1-5-26-30-24-11-8-10-23(29(34)37-4)27(24)33(26)17-20-13-15-21(16-14-20)22-9-6-7-12-25(22)39(35,36)32-28-18(2)19(3)38-31-28/h6-16H,5,17H2,1-4H3,(H,31,32). The van der Waals surface area contributed by atoms with E-state index in [4.69, 9.17) is 14.2 Å². The summed E-state index contributed by atoms with van der Waals surface area (Å²) in [4.78, 5) is 17.3. The molecule has 0 saturated heterocycles. The number of benzene rings is 3. The van der Waals surface area contributed by atoms with Crippen molar-refractivity contribution in [3.8, 4) is 11.1 Å². The van der Waals surface area contributed by atoms with Gasteiger partial charge in [0.05, 0.1) is 28.6 Å². The van der Waals surface area contributed by atoms with Crippen LogP contribution in [0.5, 0.6) is 0 Å². The minimum atomic E-state index is -3.93. The van der Waals surface area contributed by atoms with Crippen LogP contribution in [0.25, 0.3) is 22.2 Å². The largest absolute Gasteiger partial charge is 0.465 e. The number of rotatable bonds is 8. The van der Waals surface area contributed by atoms with E-state index in [1.165, 1.54) is 7.11 Å². The highest BCUT2D eigenvalue weighted by molar-refractivity contribution is 7.92. The fraction of sp³-hybridized carbons (Fsp3) is 0.207. The van der Waals surface area contributed by atoms with Gasteiger partial charge in [0.1, 0.15) is 11.6 Å². The van der Waals surface area contributed by atoms with Crippen molar-refractivity contribution in [2.45, 2.75) is 38.6 Å². The van der Waals surface area contributed by atoms with Gasteiger partial charge in [-0.3, -0.25) is 4.72 Å². The molecule has 0 unspecified atom stereocenters. The van der Waals surface area contributed by atoms with Crippen LogP contribution in [0.4, 0.5) is 5.82 Å². The molecule has 0 aliphatic carbocycles. The Morgan fingerprint density at radius 2 is 1.77 bits per heavy atom. The highest BCUT2D eigenvalue weighted by Crippen LogP contribution is 2.30. The number of imidazole rings is 1. The number of esters is 1. The number of aryl methyl sites for hydroxylation is 2. The molecule has 2 aromatic heterocycles. The zero-order valence-corrected chi connectivity index (χ0v) is 22.9. The Labute approximate surface area is 226 Å². The van der Waals surface area contributed by atoms with Crippen LogP contribution in [0.15, 0.2) is 76.1 Å². The van der Waals surface area contributed by atoms with Crippen LogP contribution in [-0.2, 0) is 27.7 Å². The first-order valence-electron chi connectivity index (χ1n) is 12.4. The van der Waals surface area contributed by atoms with Gasteiger partial charge in [0.25, 0.3) is 10.0 Å². The Morgan fingerprint density at radius 3 is 2.44 bits per heavy atom. The molecule has 2 heterocycles. The molecule has 39 heavy (non-hydrogen) atoms. The monoisotopic (exact) mass is 544 g/mol. The second kappa shape index (κ2) is 10.4. The van der Waals surface area contributed by atoms with Crippen molar-refractivity contribution in [1.29, 1.82) is 0 Å². The highest BCUT2D eigenvalue weighted by atomic mass is 32.2. The predicted octanol–water partition coefficient (Wildman–Crippen LogP) is 5.51. The molecule has 3 aromatic carbocycles. The number of anilines is 1. The Kier molecular flexibility index (Phi) is 6.96. The summed E-state index contributed by atoms with van der Waals surface area (Å²) in [5.41, 5.74) is 4.83. The number of aromatic nitrogens is 3. The number of ether oxygens (including phenoxy) is 1. The minimum absolute atomic E-state index is 0.134. The Balaban J connectivity index is 1.48. The average Bonchev–Trinajstić information content (AvgIpc) is 3.47. The number of methoxy groups -OCH3 is 1. The number of carbonyl (C=O) groups excluding carboxylic acids is 1. The highest BCUT2D eigenvalue weighted by Gasteiger charge is 2.23. The summed E-state index contributed by atoms with van der Waals surface area (Å²) in [5, 5.41) is 3.83. The smallest absolute Gasteiger partial charge is 0.340 e. The second-order valence-electron chi connectivity index (χ2n) is 9.14. The number of hydrogen-bond donors (Lipinski definition) is 1. The Bertz CT molecular complexity index is 1790. The maximum Gasteiger partial charge on any atom is 0.340 e. The zero-order valence-electron chi connectivity index (χ0n) is 22.1. The maximum absolute atomic E-state index is 13.3. The lowest BCUT2D eigenvalue weighted by atomic mass is 10.0. The summed E-state index contributed by atoms with van der Waals surface area (Å²) in [6, 6.07) is 19.9. The summed E-state index contributed by atoms with van der Waals surface area (Å²) in [6.07, 6.45) is 0.691. The van der Waals surface area contributed by atoms with E-state index < -0.39 is 16.0 Å². The molecule has 0 fully saturated rings. The summed E-state index contributed by atoms with van der Waals surface area (Å²) in [5.74, 6) is 1.16. The summed E-state index contributed by atoms with van der Waals surface area (Å²) in [6.45, 7) is 5.98. The van der Waals surface area contributed by atoms with Gasteiger partial charge in [0, 0.05) is 24.1 Å². The lowest BCUT2D eigenvalue weighted by Crippen LogP contribution is -2.15. The van der Waals surface area contributed by atoms with Crippen molar-refractivity contribution in [2.24, 2.45) is 0 Å². The number of nitrogens with zero attached hydrogens (tertiary/aromatic N) is 3. The van der Waals surface area contributed by atoms with E-state index >= 15 is 0 Å². The quantitative estimate of drug-likeness (QED) is 0.256. The second-order valence-corrected chi connectivity index (χ2v) is 10.8. The van der Waals surface area contributed by atoms with E-state index in [2.05, 4.69) is 9.88 Å². The molecule has 1 N–H and O–H groups in total. The third-order valence-corrected chi connectivity index (χ3v) is 8.13. The van der Waals surface area contributed by atoms with Crippen LogP contribution in [0.1, 0.15) is 40.0 Å². The van der Waals surface area contributed by atoms with Gasteiger partial charge in [-0.2, -0.15) is 0 Å². The molecular formula is C29H28N4O5S. The molecule has 0 radical (unpaired) electrons. The molecule has 9 nitrogen and oxygen atoms in total. The lowest BCUT2D eigenvalue weighted by molar-refractivity contribution is 0.0602. The molecule has 10 heteroatoms. The van der Waals surface area contributed by atoms with E-state index in [1.54, 1.807) is 50.2 Å². The van der Waals surface area contributed by atoms with Crippen molar-refractivity contribution in [1.82, 2.24) is 14.7 Å². The van der Waals surface area contributed by atoms with Gasteiger partial charge >= 0.3 is 5.97 Å². The van der Waals surface area contributed by atoms with Crippen LogP contribution in [-0.4, -0.2) is 36.2 Å². The molecule has 0 atom stereocenters. The van der Waals surface area contributed by atoms with Crippen molar-refractivity contribution in [3.05, 3.63) is 95.0 Å². The molecule has 5 rings (SSSR count). The normalized spacial score (nSPS) is 11.6. The summed E-state index contributed by atoms with van der Waals surface area (Å²) in [7, 11) is -2.57. The predicted molar refractivity (Wildman–Crippen MR) is 148 cm³/mol. The first-order valence-corrected chi connectivity index (χ1v) is 13.9. The molecule has 0 aliphatic rings. The van der Waals surface area contributed by atoms with Crippen LogP contribution >= 0.6 is 0 Å². The number of fused-ring (bicyclic) bond motifs is 1. The summed E-state index contributed by atoms with van der Waals surface area (Å²) >= 11 is 0. The fourth-order valence-corrected chi connectivity index (χ4v) is 5.84. The number of para-hydroxylation sites is 1. The fourth-order valence-electron chi connectivity index (χ4n) is 4.56. The van der Waals surface area contributed by atoms with Gasteiger partial charge in [-0.15, -0.1) is 0 Å². The Hall–Kier alpha value is -4.44. The van der Waals surface area contributed by atoms with Crippen LogP contribution in [0, 0.1) is 13.8 Å². The number of sulfonamides is 1. The first-order chi connectivity index (χ1) is 18.7. The van der Waals surface area contributed by atoms with E-state index in [0.29, 0.717) is 35.4 Å². The van der Waals surface area contributed by atoms with Gasteiger partial charge in [0.2, 0.25) is 0 Å². The van der Waals surface area contributed by atoms with E-state index in [9.17, 15) is 13.2 Å². The van der Waals surface area contributed by atoms with Gasteiger partial charge in [-0.1, -0.05) is 60.6 Å². The van der Waals surface area contributed by atoms with Crippen molar-refractivity contribution in [2.75, 3.05) is 11.8 Å². The molecule has 5 aromatic rings.